The largest absolute Gasteiger partial charge is 0.439 e. The molecule has 0 fully saturated rings. The van der Waals surface area contributed by atoms with E-state index < -0.39 is 0 Å². The standard InChI is InChI=1S/C11H14N2O/c1-6-4-7(2)11-10(8(6)3)13-9(5-12)14-11/h4H,5,12H2,1-3H3. The number of aromatic nitrogens is 1. The minimum Gasteiger partial charge on any atom is -0.439 e. The number of oxazole rings is 1. The highest BCUT2D eigenvalue weighted by Crippen LogP contribution is 2.25. The van der Waals surface area contributed by atoms with Crippen LogP contribution in [0.15, 0.2) is 10.5 Å². The molecule has 0 aliphatic heterocycles. The highest BCUT2D eigenvalue weighted by Gasteiger charge is 2.10. The average Bonchev–Trinajstić information content (AvgIpc) is 2.58. The summed E-state index contributed by atoms with van der Waals surface area (Å²) in [6.45, 7) is 6.52. The van der Waals surface area contributed by atoms with Crippen LogP contribution in [0.2, 0.25) is 0 Å². The summed E-state index contributed by atoms with van der Waals surface area (Å²) in [4.78, 5) is 4.36. The molecule has 0 unspecified atom stereocenters. The van der Waals surface area contributed by atoms with Crippen molar-refractivity contribution in [2.75, 3.05) is 0 Å². The molecule has 2 aromatic rings. The number of aryl methyl sites for hydroxylation is 3. The lowest BCUT2D eigenvalue weighted by Gasteiger charge is -2.01. The quantitative estimate of drug-likeness (QED) is 0.750. The molecule has 2 rings (SSSR count). The zero-order chi connectivity index (χ0) is 10.3. The van der Waals surface area contributed by atoms with Crippen LogP contribution >= 0.6 is 0 Å². The maximum Gasteiger partial charge on any atom is 0.209 e. The summed E-state index contributed by atoms with van der Waals surface area (Å²) in [5, 5.41) is 0. The molecule has 3 nitrogen and oxygen atoms in total. The molecule has 2 N–H and O–H groups in total. The normalized spacial score (nSPS) is 11.1. The number of fused-ring (bicyclic) bond motifs is 1. The molecule has 14 heavy (non-hydrogen) atoms. The van der Waals surface area contributed by atoms with Gasteiger partial charge >= 0.3 is 0 Å². The Balaban J connectivity index is 2.84. The first-order valence-corrected chi connectivity index (χ1v) is 4.69. The van der Waals surface area contributed by atoms with Crippen LogP contribution in [-0.2, 0) is 6.54 Å². The van der Waals surface area contributed by atoms with E-state index >= 15 is 0 Å². The van der Waals surface area contributed by atoms with Gasteiger partial charge in [0.05, 0.1) is 6.54 Å². The van der Waals surface area contributed by atoms with Gasteiger partial charge in [0.2, 0.25) is 5.89 Å². The molecule has 74 valence electrons. The Morgan fingerprint density at radius 3 is 2.64 bits per heavy atom. The molecule has 1 aromatic carbocycles. The van der Waals surface area contributed by atoms with Gasteiger partial charge in [-0.05, 0) is 37.5 Å². The predicted molar refractivity (Wildman–Crippen MR) is 56.1 cm³/mol. The minimum atomic E-state index is 0.354. The van der Waals surface area contributed by atoms with Crippen LogP contribution in [0, 0.1) is 20.8 Å². The third-order valence-electron chi connectivity index (χ3n) is 2.58. The fourth-order valence-corrected chi connectivity index (χ4v) is 1.66. The Kier molecular flexibility index (Phi) is 2.04. The van der Waals surface area contributed by atoms with E-state index in [4.69, 9.17) is 10.2 Å². The number of benzene rings is 1. The van der Waals surface area contributed by atoms with Crippen LogP contribution in [0.4, 0.5) is 0 Å². The average molecular weight is 190 g/mol. The summed E-state index contributed by atoms with van der Waals surface area (Å²) >= 11 is 0. The highest BCUT2D eigenvalue weighted by molar-refractivity contribution is 5.81. The fraction of sp³-hybridized carbons (Fsp3) is 0.364. The van der Waals surface area contributed by atoms with Gasteiger partial charge in [-0.2, -0.15) is 0 Å². The zero-order valence-corrected chi connectivity index (χ0v) is 8.72. The Labute approximate surface area is 82.9 Å². The van der Waals surface area contributed by atoms with Crippen LogP contribution in [0.25, 0.3) is 11.1 Å². The van der Waals surface area contributed by atoms with Gasteiger partial charge in [-0.1, -0.05) is 6.07 Å². The third-order valence-corrected chi connectivity index (χ3v) is 2.58. The first kappa shape index (κ1) is 9.21. The van der Waals surface area contributed by atoms with Crippen molar-refractivity contribution >= 4 is 11.1 Å². The van der Waals surface area contributed by atoms with Gasteiger partial charge in [-0.25, -0.2) is 4.98 Å². The van der Waals surface area contributed by atoms with E-state index in [-0.39, 0.29) is 0 Å². The van der Waals surface area contributed by atoms with Crippen LogP contribution in [0.1, 0.15) is 22.6 Å². The summed E-state index contributed by atoms with van der Waals surface area (Å²) in [7, 11) is 0. The Morgan fingerprint density at radius 1 is 1.29 bits per heavy atom. The summed E-state index contributed by atoms with van der Waals surface area (Å²) in [6.07, 6.45) is 0. The van der Waals surface area contributed by atoms with Crippen LogP contribution in [-0.4, -0.2) is 4.98 Å². The first-order chi connectivity index (χ1) is 6.63. The van der Waals surface area contributed by atoms with Gasteiger partial charge in [-0.3, -0.25) is 0 Å². The van der Waals surface area contributed by atoms with Crippen LogP contribution in [0.5, 0.6) is 0 Å². The maximum atomic E-state index is 5.55. The number of nitrogens with zero attached hydrogens (tertiary/aromatic N) is 1. The highest BCUT2D eigenvalue weighted by atomic mass is 16.3. The van der Waals surface area contributed by atoms with E-state index in [0.29, 0.717) is 12.4 Å². The molecule has 0 radical (unpaired) electrons. The van der Waals surface area contributed by atoms with E-state index in [0.717, 1.165) is 16.7 Å². The molecule has 0 aliphatic carbocycles. The zero-order valence-electron chi connectivity index (χ0n) is 8.72. The first-order valence-electron chi connectivity index (χ1n) is 4.69. The van der Waals surface area contributed by atoms with E-state index in [1.54, 1.807) is 0 Å². The third kappa shape index (κ3) is 1.21. The topological polar surface area (TPSA) is 52.0 Å². The molecule has 3 heteroatoms. The number of nitrogens with two attached hydrogens (primary N) is 1. The van der Waals surface area contributed by atoms with Crippen molar-refractivity contribution in [1.82, 2.24) is 4.98 Å². The minimum absolute atomic E-state index is 0.354. The van der Waals surface area contributed by atoms with Gasteiger partial charge in [0, 0.05) is 0 Å². The lowest BCUT2D eigenvalue weighted by molar-refractivity contribution is 0.531. The lowest BCUT2D eigenvalue weighted by atomic mass is 10.1. The van der Waals surface area contributed by atoms with Crippen molar-refractivity contribution in [2.24, 2.45) is 5.73 Å². The molecule has 0 bridgehead atoms. The van der Waals surface area contributed by atoms with Crippen molar-refractivity contribution in [3.8, 4) is 0 Å². The summed E-state index contributed by atoms with van der Waals surface area (Å²) in [5.74, 6) is 0.608. The molecule has 0 saturated carbocycles. The van der Waals surface area contributed by atoms with Crippen LogP contribution in [0.3, 0.4) is 0 Å². The van der Waals surface area contributed by atoms with Gasteiger partial charge in [0.1, 0.15) is 5.52 Å². The maximum absolute atomic E-state index is 5.55. The summed E-state index contributed by atoms with van der Waals surface area (Å²) < 4.78 is 5.55. The van der Waals surface area contributed by atoms with Gasteiger partial charge in [0.25, 0.3) is 0 Å². The Morgan fingerprint density at radius 2 is 2.00 bits per heavy atom. The summed E-state index contributed by atoms with van der Waals surface area (Å²) in [6, 6.07) is 2.11. The fourth-order valence-electron chi connectivity index (χ4n) is 1.66. The van der Waals surface area contributed by atoms with E-state index in [2.05, 4.69) is 24.9 Å². The van der Waals surface area contributed by atoms with E-state index in [1.165, 1.54) is 11.1 Å². The second kappa shape index (κ2) is 3.10. The monoisotopic (exact) mass is 190 g/mol. The molecule has 0 amide bonds. The summed E-state index contributed by atoms with van der Waals surface area (Å²) in [5.41, 5.74) is 10.8. The van der Waals surface area contributed by atoms with E-state index in [9.17, 15) is 0 Å². The molecule has 1 aromatic heterocycles. The Bertz CT molecular complexity index is 485. The van der Waals surface area contributed by atoms with Crippen molar-refractivity contribution < 1.29 is 4.42 Å². The second-order valence-electron chi connectivity index (χ2n) is 3.62. The molecule has 0 saturated heterocycles. The van der Waals surface area contributed by atoms with Crippen molar-refractivity contribution in [2.45, 2.75) is 27.3 Å². The van der Waals surface area contributed by atoms with Crippen molar-refractivity contribution in [3.63, 3.8) is 0 Å². The molecular weight excluding hydrogens is 176 g/mol. The number of rotatable bonds is 1. The molecule has 0 atom stereocenters. The van der Waals surface area contributed by atoms with Crippen LogP contribution < -0.4 is 5.73 Å². The lowest BCUT2D eigenvalue weighted by Crippen LogP contribution is -1.95. The van der Waals surface area contributed by atoms with E-state index in [1.807, 2.05) is 6.92 Å². The van der Waals surface area contributed by atoms with Crippen molar-refractivity contribution in [1.29, 1.82) is 0 Å². The molecular formula is C11H14N2O. The molecule has 0 spiro atoms. The second-order valence-corrected chi connectivity index (χ2v) is 3.62. The van der Waals surface area contributed by atoms with Crippen molar-refractivity contribution in [3.05, 3.63) is 28.6 Å². The molecule has 0 aliphatic rings. The smallest absolute Gasteiger partial charge is 0.209 e. The number of hydrogen-bond donors (Lipinski definition) is 1. The van der Waals surface area contributed by atoms with Gasteiger partial charge in [0.15, 0.2) is 5.58 Å². The SMILES string of the molecule is Cc1cc(C)c2oc(CN)nc2c1C. The van der Waals surface area contributed by atoms with Gasteiger partial charge < -0.3 is 10.2 Å². The van der Waals surface area contributed by atoms with Gasteiger partial charge in [-0.15, -0.1) is 0 Å². The Hall–Kier alpha value is -1.35. The molecule has 1 heterocycles. The number of hydrogen-bond acceptors (Lipinski definition) is 3. The predicted octanol–water partition coefficient (Wildman–Crippen LogP) is 2.21.